The van der Waals surface area contributed by atoms with Gasteiger partial charge in [0.1, 0.15) is 0 Å². The fourth-order valence-corrected chi connectivity index (χ4v) is 2.13. The molecule has 22 heavy (non-hydrogen) atoms. The third-order valence-corrected chi connectivity index (χ3v) is 3.49. The van der Waals surface area contributed by atoms with Crippen molar-refractivity contribution in [1.29, 1.82) is 0 Å². The summed E-state index contributed by atoms with van der Waals surface area (Å²) in [5, 5.41) is 6.68. The van der Waals surface area contributed by atoms with E-state index in [9.17, 15) is 18.0 Å². The maximum absolute atomic E-state index is 12.6. The molecule has 4 nitrogen and oxygen atoms in total. The average molecular weight is 309 g/mol. The Balaban J connectivity index is 1.69. The van der Waals surface area contributed by atoms with E-state index in [-0.39, 0.29) is 5.56 Å². The Morgan fingerprint density at radius 1 is 1.36 bits per heavy atom. The van der Waals surface area contributed by atoms with Crippen LogP contribution in [0, 0.1) is 5.92 Å². The fraction of sp³-hybridized carbons (Fsp3) is 0.333. The molecule has 116 valence electrons. The molecule has 1 fully saturated rings. The zero-order valence-electron chi connectivity index (χ0n) is 11.6. The molecule has 0 spiro atoms. The quantitative estimate of drug-likeness (QED) is 0.938. The second kappa shape index (κ2) is 5.47. The number of hydrogen-bond donors (Lipinski definition) is 1. The van der Waals surface area contributed by atoms with Gasteiger partial charge in [-0.2, -0.15) is 18.3 Å². The van der Waals surface area contributed by atoms with E-state index >= 15 is 0 Å². The molecule has 0 radical (unpaired) electrons. The number of halogens is 3. The molecule has 0 aliphatic heterocycles. The summed E-state index contributed by atoms with van der Waals surface area (Å²) in [7, 11) is 0. The maximum Gasteiger partial charge on any atom is 0.416 e. The number of rotatable bonds is 4. The minimum absolute atomic E-state index is 0.0373. The Hall–Kier alpha value is -2.31. The van der Waals surface area contributed by atoms with Gasteiger partial charge >= 0.3 is 6.18 Å². The molecule has 1 aliphatic carbocycles. The van der Waals surface area contributed by atoms with Crippen molar-refractivity contribution in [3.8, 4) is 0 Å². The van der Waals surface area contributed by atoms with Gasteiger partial charge in [-0.25, -0.2) is 0 Å². The molecule has 0 bridgehead atoms. The molecule has 0 saturated heterocycles. The van der Waals surface area contributed by atoms with Gasteiger partial charge in [0.05, 0.1) is 17.4 Å². The first-order chi connectivity index (χ1) is 10.4. The van der Waals surface area contributed by atoms with Crippen molar-refractivity contribution < 1.29 is 18.0 Å². The number of benzene rings is 1. The fourth-order valence-electron chi connectivity index (χ4n) is 2.13. The lowest BCUT2D eigenvalue weighted by molar-refractivity contribution is -0.137. The van der Waals surface area contributed by atoms with E-state index in [1.165, 1.54) is 31.2 Å². The zero-order chi connectivity index (χ0) is 15.7. The van der Waals surface area contributed by atoms with Crippen molar-refractivity contribution in [3.05, 3.63) is 47.8 Å². The topological polar surface area (TPSA) is 46.9 Å². The third kappa shape index (κ3) is 3.47. The highest BCUT2D eigenvalue weighted by molar-refractivity contribution is 6.04. The first-order valence-electron chi connectivity index (χ1n) is 6.93. The lowest BCUT2D eigenvalue weighted by Crippen LogP contribution is -2.13. The van der Waals surface area contributed by atoms with Crippen LogP contribution in [-0.2, 0) is 12.7 Å². The normalized spacial score (nSPS) is 14.9. The average Bonchev–Trinajstić information content (AvgIpc) is 3.17. The summed E-state index contributed by atoms with van der Waals surface area (Å²) in [4.78, 5) is 12.0. The summed E-state index contributed by atoms with van der Waals surface area (Å²) < 4.78 is 39.7. The van der Waals surface area contributed by atoms with Crippen LogP contribution in [0.15, 0.2) is 36.7 Å². The Morgan fingerprint density at radius 3 is 2.82 bits per heavy atom. The number of anilines is 1. The van der Waals surface area contributed by atoms with Crippen molar-refractivity contribution >= 4 is 11.6 Å². The largest absolute Gasteiger partial charge is 0.416 e. The Kier molecular flexibility index (Phi) is 3.64. The number of carbonyl (C=O) groups is 1. The number of aromatic nitrogens is 2. The van der Waals surface area contributed by atoms with E-state index in [0.29, 0.717) is 11.6 Å². The summed E-state index contributed by atoms with van der Waals surface area (Å²) in [5.41, 5.74) is -0.405. The third-order valence-electron chi connectivity index (χ3n) is 3.49. The SMILES string of the molecule is O=C(Nc1cnn(CC2CC2)c1)c1cccc(C(F)(F)F)c1. The number of alkyl halides is 3. The van der Waals surface area contributed by atoms with Gasteiger partial charge in [-0.05, 0) is 37.0 Å². The monoisotopic (exact) mass is 309 g/mol. The van der Waals surface area contributed by atoms with E-state index in [2.05, 4.69) is 10.4 Å². The van der Waals surface area contributed by atoms with Gasteiger partial charge in [-0.3, -0.25) is 9.48 Å². The number of carbonyl (C=O) groups excluding carboxylic acids is 1. The van der Waals surface area contributed by atoms with E-state index in [0.717, 1.165) is 18.7 Å². The summed E-state index contributed by atoms with van der Waals surface area (Å²) in [6.45, 7) is 0.805. The van der Waals surface area contributed by atoms with Crippen LogP contribution >= 0.6 is 0 Å². The van der Waals surface area contributed by atoms with E-state index < -0.39 is 17.6 Å². The number of nitrogens with zero attached hydrogens (tertiary/aromatic N) is 2. The maximum atomic E-state index is 12.6. The summed E-state index contributed by atoms with van der Waals surface area (Å²) in [6.07, 6.45) is 1.08. The Bertz CT molecular complexity index is 689. The number of nitrogens with one attached hydrogen (secondary N) is 1. The van der Waals surface area contributed by atoms with Crippen LogP contribution in [0.5, 0.6) is 0 Å². The van der Waals surface area contributed by atoms with Crippen LogP contribution in [0.3, 0.4) is 0 Å². The molecule has 3 rings (SSSR count). The van der Waals surface area contributed by atoms with Crippen molar-refractivity contribution in [1.82, 2.24) is 9.78 Å². The van der Waals surface area contributed by atoms with Gasteiger partial charge in [0.15, 0.2) is 0 Å². The molecule has 0 unspecified atom stereocenters. The van der Waals surface area contributed by atoms with E-state index in [1.54, 1.807) is 10.9 Å². The highest BCUT2D eigenvalue weighted by Gasteiger charge is 2.31. The first-order valence-corrected chi connectivity index (χ1v) is 6.93. The highest BCUT2D eigenvalue weighted by atomic mass is 19.4. The van der Waals surface area contributed by atoms with Crippen LogP contribution in [-0.4, -0.2) is 15.7 Å². The number of hydrogen-bond acceptors (Lipinski definition) is 2. The van der Waals surface area contributed by atoms with Crippen molar-refractivity contribution in [3.63, 3.8) is 0 Å². The van der Waals surface area contributed by atoms with Crippen LogP contribution in [0.25, 0.3) is 0 Å². The molecule has 1 saturated carbocycles. The molecule has 7 heteroatoms. The van der Waals surface area contributed by atoms with Gasteiger partial charge in [0.25, 0.3) is 5.91 Å². The van der Waals surface area contributed by atoms with Crippen LogP contribution in [0.2, 0.25) is 0 Å². The molecule has 1 heterocycles. The molecular weight excluding hydrogens is 295 g/mol. The Labute approximate surface area is 124 Å². The van der Waals surface area contributed by atoms with Crippen molar-refractivity contribution in [2.75, 3.05) is 5.32 Å². The van der Waals surface area contributed by atoms with Crippen LogP contribution < -0.4 is 5.32 Å². The molecule has 0 atom stereocenters. The van der Waals surface area contributed by atoms with Crippen LogP contribution in [0.1, 0.15) is 28.8 Å². The predicted molar refractivity (Wildman–Crippen MR) is 74.3 cm³/mol. The van der Waals surface area contributed by atoms with Gasteiger partial charge in [0, 0.05) is 18.3 Å². The zero-order valence-corrected chi connectivity index (χ0v) is 11.6. The lowest BCUT2D eigenvalue weighted by atomic mass is 10.1. The lowest BCUT2D eigenvalue weighted by Gasteiger charge is -2.08. The summed E-state index contributed by atoms with van der Waals surface area (Å²) in [5.74, 6) is 0.0593. The molecule has 2 aromatic rings. The molecule has 1 aromatic carbocycles. The van der Waals surface area contributed by atoms with Crippen molar-refractivity contribution in [2.45, 2.75) is 25.6 Å². The highest BCUT2D eigenvalue weighted by Crippen LogP contribution is 2.31. The minimum atomic E-state index is -4.47. The smallest absolute Gasteiger partial charge is 0.319 e. The molecule has 1 aliphatic rings. The molecule has 1 aromatic heterocycles. The van der Waals surface area contributed by atoms with E-state index in [1.807, 2.05) is 0 Å². The first kappa shape index (κ1) is 14.6. The predicted octanol–water partition coefficient (Wildman–Crippen LogP) is 3.56. The Morgan fingerprint density at radius 2 is 2.14 bits per heavy atom. The van der Waals surface area contributed by atoms with Gasteiger partial charge in [0.2, 0.25) is 0 Å². The molecular formula is C15H14F3N3O. The second-order valence-corrected chi connectivity index (χ2v) is 5.43. The van der Waals surface area contributed by atoms with Gasteiger partial charge < -0.3 is 5.32 Å². The van der Waals surface area contributed by atoms with Gasteiger partial charge in [-0.15, -0.1) is 0 Å². The standard InChI is InChI=1S/C15H14F3N3O/c16-15(17,18)12-3-1-2-11(6-12)14(22)20-13-7-19-21(9-13)8-10-4-5-10/h1-3,6-7,9-10H,4-5,8H2,(H,20,22). The summed E-state index contributed by atoms with van der Waals surface area (Å²) >= 11 is 0. The minimum Gasteiger partial charge on any atom is -0.319 e. The van der Waals surface area contributed by atoms with Crippen LogP contribution in [0.4, 0.5) is 18.9 Å². The van der Waals surface area contributed by atoms with Gasteiger partial charge in [-0.1, -0.05) is 6.07 Å². The summed E-state index contributed by atoms with van der Waals surface area (Å²) in [6, 6.07) is 4.34. The van der Waals surface area contributed by atoms with Crippen molar-refractivity contribution in [2.24, 2.45) is 5.92 Å². The molecule has 1 N–H and O–H groups in total. The number of amides is 1. The van der Waals surface area contributed by atoms with E-state index in [4.69, 9.17) is 0 Å². The molecule has 1 amide bonds. The second-order valence-electron chi connectivity index (χ2n) is 5.43.